The van der Waals surface area contributed by atoms with Crippen molar-refractivity contribution in [2.75, 3.05) is 13.2 Å². The highest BCUT2D eigenvalue weighted by molar-refractivity contribution is 5.71. The molecule has 0 saturated heterocycles. The van der Waals surface area contributed by atoms with Gasteiger partial charge in [0.05, 0.1) is 0 Å². The fourth-order valence-electron chi connectivity index (χ4n) is 8.31. The molecule has 0 spiro atoms. The molecular formula is C55H106O6. The topological polar surface area (TPSA) is 78.9 Å². The normalized spacial score (nSPS) is 12.5. The van der Waals surface area contributed by atoms with E-state index in [4.69, 9.17) is 14.2 Å². The van der Waals surface area contributed by atoms with E-state index in [1.165, 1.54) is 193 Å². The molecule has 0 saturated carbocycles. The Balaban J connectivity index is 4.16. The lowest BCUT2D eigenvalue weighted by Crippen LogP contribution is -2.30. The zero-order chi connectivity index (χ0) is 44.7. The van der Waals surface area contributed by atoms with E-state index >= 15 is 0 Å². The Bertz CT molecular complexity index is 933. The molecule has 0 rings (SSSR count). The van der Waals surface area contributed by atoms with Gasteiger partial charge in [-0.25, -0.2) is 0 Å². The van der Waals surface area contributed by atoms with Crippen molar-refractivity contribution >= 4 is 17.9 Å². The highest BCUT2D eigenvalue weighted by Gasteiger charge is 2.19. The predicted molar refractivity (Wildman–Crippen MR) is 261 cm³/mol. The first-order valence-electron chi connectivity index (χ1n) is 27.3. The number of hydrogen-bond donors (Lipinski definition) is 0. The Kier molecular flexibility index (Phi) is 46.6. The van der Waals surface area contributed by atoms with Crippen molar-refractivity contribution < 1.29 is 28.6 Å². The van der Waals surface area contributed by atoms with Crippen LogP contribution in [-0.2, 0) is 28.6 Å². The van der Waals surface area contributed by atoms with Crippen LogP contribution in [0.1, 0.15) is 304 Å². The molecule has 0 radical (unpaired) electrons. The number of esters is 3. The van der Waals surface area contributed by atoms with Crippen LogP contribution in [0.15, 0.2) is 0 Å². The van der Waals surface area contributed by atoms with Crippen LogP contribution in [-0.4, -0.2) is 37.2 Å². The molecule has 0 amide bonds. The molecule has 0 aliphatic heterocycles. The first-order valence-corrected chi connectivity index (χ1v) is 27.3. The number of carbonyl (C=O) groups is 3. The number of unbranched alkanes of at least 4 members (excludes halogenated alkanes) is 33. The van der Waals surface area contributed by atoms with E-state index in [1.807, 2.05) is 0 Å². The minimum Gasteiger partial charge on any atom is -0.462 e. The van der Waals surface area contributed by atoms with Crippen LogP contribution in [0.2, 0.25) is 0 Å². The summed E-state index contributed by atoms with van der Waals surface area (Å²) in [6.07, 6.45) is 49.6. The highest BCUT2D eigenvalue weighted by Crippen LogP contribution is 2.18. The molecule has 1 unspecified atom stereocenters. The number of hydrogen-bond acceptors (Lipinski definition) is 6. The van der Waals surface area contributed by atoms with Crippen molar-refractivity contribution in [3.63, 3.8) is 0 Å². The third kappa shape index (κ3) is 47.7. The minimum atomic E-state index is -0.761. The summed E-state index contributed by atoms with van der Waals surface area (Å²) in [5.74, 6) is 0.854. The van der Waals surface area contributed by atoms with Gasteiger partial charge in [-0.1, -0.05) is 266 Å². The fraction of sp³-hybridized carbons (Fsp3) is 0.945. The molecule has 6 heteroatoms. The van der Waals surface area contributed by atoms with Gasteiger partial charge in [0.15, 0.2) is 6.10 Å². The Labute approximate surface area is 380 Å². The third-order valence-electron chi connectivity index (χ3n) is 12.8. The smallest absolute Gasteiger partial charge is 0.306 e. The van der Waals surface area contributed by atoms with E-state index in [1.54, 1.807) is 0 Å². The summed E-state index contributed by atoms with van der Waals surface area (Å²) < 4.78 is 16.8. The minimum absolute atomic E-state index is 0.0638. The summed E-state index contributed by atoms with van der Waals surface area (Å²) in [6, 6.07) is 0. The maximum atomic E-state index is 12.8. The maximum Gasteiger partial charge on any atom is 0.306 e. The van der Waals surface area contributed by atoms with Gasteiger partial charge in [-0.3, -0.25) is 14.4 Å². The van der Waals surface area contributed by atoms with E-state index < -0.39 is 6.10 Å². The maximum absolute atomic E-state index is 12.8. The molecule has 0 fully saturated rings. The van der Waals surface area contributed by atoms with Crippen molar-refractivity contribution in [1.29, 1.82) is 0 Å². The summed E-state index contributed by atoms with van der Waals surface area (Å²) in [5, 5.41) is 0. The van der Waals surface area contributed by atoms with Gasteiger partial charge in [-0.2, -0.15) is 0 Å². The van der Waals surface area contributed by atoms with E-state index in [2.05, 4.69) is 34.6 Å². The monoisotopic (exact) mass is 863 g/mol. The molecule has 0 aromatic carbocycles. The molecule has 0 aromatic heterocycles. The molecule has 0 bridgehead atoms. The Morgan fingerprint density at radius 3 is 0.934 bits per heavy atom. The molecule has 0 aromatic rings. The quantitative estimate of drug-likeness (QED) is 0.0344. The first kappa shape index (κ1) is 59.4. The summed E-state index contributed by atoms with van der Waals surface area (Å²) in [4.78, 5) is 37.9. The number of ether oxygens (including phenoxy) is 3. The summed E-state index contributed by atoms with van der Waals surface area (Å²) in [5.41, 5.74) is 0. The zero-order valence-electron chi connectivity index (χ0n) is 41.8. The SMILES string of the molecule is CCCCCCCCCCCCC(=O)OC[C@@H](COC(=O)CCCCCCCCCCCCCCCCCCCCC(C)CC)OC(=O)CCCCCCCCCCC(C)C. The van der Waals surface area contributed by atoms with Gasteiger partial charge in [0, 0.05) is 19.3 Å². The van der Waals surface area contributed by atoms with Gasteiger partial charge < -0.3 is 14.2 Å². The van der Waals surface area contributed by atoms with Crippen molar-refractivity contribution in [2.24, 2.45) is 11.8 Å². The molecule has 0 aliphatic carbocycles. The second kappa shape index (κ2) is 47.9. The van der Waals surface area contributed by atoms with Gasteiger partial charge >= 0.3 is 17.9 Å². The largest absolute Gasteiger partial charge is 0.462 e. The average molecular weight is 863 g/mol. The van der Waals surface area contributed by atoms with Crippen LogP contribution in [0.5, 0.6) is 0 Å². The van der Waals surface area contributed by atoms with Crippen LogP contribution in [0.4, 0.5) is 0 Å². The van der Waals surface area contributed by atoms with Crippen LogP contribution in [0, 0.1) is 11.8 Å². The van der Waals surface area contributed by atoms with Gasteiger partial charge in [-0.05, 0) is 31.1 Å². The predicted octanol–water partition coefficient (Wildman–Crippen LogP) is 17.7. The number of carbonyl (C=O) groups excluding carboxylic acids is 3. The van der Waals surface area contributed by atoms with Crippen molar-refractivity contribution in [2.45, 2.75) is 310 Å². The Morgan fingerprint density at radius 1 is 0.344 bits per heavy atom. The van der Waals surface area contributed by atoms with E-state index in [-0.39, 0.29) is 31.1 Å². The van der Waals surface area contributed by atoms with Crippen LogP contribution in [0.25, 0.3) is 0 Å². The lowest BCUT2D eigenvalue weighted by molar-refractivity contribution is -0.167. The lowest BCUT2D eigenvalue weighted by atomic mass is 9.99. The molecule has 0 N–H and O–H groups in total. The molecule has 362 valence electrons. The van der Waals surface area contributed by atoms with Crippen LogP contribution in [0.3, 0.4) is 0 Å². The molecule has 0 heterocycles. The van der Waals surface area contributed by atoms with Crippen LogP contribution < -0.4 is 0 Å². The van der Waals surface area contributed by atoms with E-state index in [9.17, 15) is 14.4 Å². The Hall–Kier alpha value is -1.59. The summed E-state index contributed by atoms with van der Waals surface area (Å²) in [7, 11) is 0. The Morgan fingerprint density at radius 2 is 0.623 bits per heavy atom. The van der Waals surface area contributed by atoms with E-state index in [0.717, 1.165) is 69.6 Å². The van der Waals surface area contributed by atoms with Crippen molar-refractivity contribution in [3.8, 4) is 0 Å². The second-order valence-corrected chi connectivity index (χ2v) is 19.6. The zero-order valence-corrected chi connectivity index (χ0v) is 41.8. The third-order valence-corrected chi connectivity index (χ3v) is 12.8. The highest BCUT2D eigenvalue weighted by atomic mass is 16.6. The first-order chi connectivity index (χ1) is 29.8. The van der Waals surface area contributed by atoms with Gasteiger partial charge in [0.1, 0.15) is 13.2 Å². The standard InChI is InChI=1S/C55H106O6/c1-6-8-9-10-11-12-24-30-35-40-45-53(56)59-48-52(61-55(58)47-42-37-32-27-26-28-33-38-43-50(3)4)49-60-54(57)46-41-36-31-25-22-20-18-16-14-13-15-17-19-21-23-29-34-39-44-51(5)7-2/h50-52H,6-49H2,1-5H3/t51?,52-/m0/s1. The fourth-order valence-corrected chi connectivity index (χ4v) is 8.31. The number of rotatable bonds is 49. The summed E-state index contributed by atoms with van der Waals surface area (Å²) in [6.45, 7) is 11.4. The van der Waals surface area contributed by atoms with Gasteiger partial charge in [-0.15, -0.1) is 0 Å². The van der Waals surface area contributed by atoms with Gasteiger partial charge in [0.2, 0.25) is 0 Å². The molecule has 0 aliphatic rings. The van der Waals surface area contributed by atoms with Gasteiger partial charge in [0.25, 0.3) is 0 Å². The van der Waals surface area contributed by atoms with E-state index in [0.29, 0.717) is 19.3 Å². The van der Waals surface area contributed by atoms with Crippen molar-refractivity contribution in [1.82, 2.24) is 0 Å². The molecule has 61 heavy (non-hydrogen) atoms. The van der Waals surface area contributed by atoms with Crippen molar-refractivity contribution in [3.05, 3.63) is 0 Å². The molecule has 2 atom stereocenters. The average Bonchev–Trinajstić information content (AvgIpc) is 3.24. The lowest BCUT2D eigenvalue weighted by Gasteiger charge is -2.18. The summed E-state index contributed by atoms with van der Waals surface area (Å²) >= 11 is 0. The van der Waals surface area contributed by atoms with Crippen LogP contribution >= 0.6 is 0 Å². The second-order valence-electron chi connectivity index (χ2n) is 19.6. The molecular weight excluding hydrogens is 757 g/mol. The molecule has 6 nitrogen and oxygen atoms in total.